The number of aliphatic hydroxyl groups excluding tert-OH is 1. The van der Waals surface area contributed by atoms with Gasteiger partial charge in [0.2, 0.25) is 5.84 Å². The van der Waals surface area contributed by atoms with Crippen molar-refractivity contribution < 1.29 is 9.59 Å². The maximum Gasteiger partial charge on any atom is 0.204 e. The fourth-order valence-corrected chi connectivity index (χ4v) is 4.64. The summed E-state index contributed by atoms with van der Waals surface area (Å²) in [4.78, 5) is 4.67. The van der Waals surface area contributed by atoms with Crippen molar-refractivity contribution in [1.29, 1.82) is 0 Å². The van der Waals surface area contributed by atoms with Gasteiger partial charge in [-0.1, -0.05) is 103 Å². The van der Waals surface area contributed by atoms with Crippen LogP contribution in [-0.4, -0.2) is 41.3 Å². The van der Waals surface area contributed by atoms with Crippen LogP contribution in [0.1, 0.15) is 124 Å². The van der Waals surface area contributed by atoms with Crippen molar-refractivity contribution >= 4 is 5.84 Å². The van der Waals surface area contributed by atoms with Crippen molar-refractivity contribution in [3.05, 3.63) is 12.2 Å². The van der Waals surface area contributed by atoms with Crippen LogP contribution in [0.2, 0.25) is 0 Å². The Morgan fingerprint density at radius 2 is 1.34 bits per heavy atom. The summed E-state index contributed by atoms with van der Waals surface area (Å²) in [5, 5.41) is 10.2. The second-order valence-corrected chi connectivity index (χ2v) is 9.06. The molecule has 1 heterocycles. The Kier molecular flexibility index (Phi) is 15.5. The summed E-state index contributed by atoms with van der Waals surface area (Å²) in [6.45, 7) is 9.10. The Morgan fingerprint density at radius 3 is 1.83 bits per heavy atom. The van der Waals surface area contributed by atoms with Gasteiger partial charge in [0.25, 0.3) is 0 Å². The molecule has 1 rings (SSSR count). The molecule has 0 bridgehead atoms. The van der Waals surface area contributed by atoms with E-state index in [0.29, 0.717) is 4.48 Å². The number of unbranched alkanes of at least 4 members (excludes halogenated alkanes) is 14. The van der Waals surface area contributed by atoms with Crippen LogP contribution in [0.5, 0.6) is 0 Å². The number of amidine groups is 1. The highest BCUT2D eigenvalue weighted by molar-refractivity contribution is 5.78. The molecule has 1 aliphatic rings. The van der Waals surface area contributed by atoms with Crippen molar-refractivity contribution in [3.8, 4) is 0 Å². The number of quaternary nitrogens is 1. The van der Waals surface area contributed by atoms with Crippen LogP contribution in [0.15, 0.2) is 17.1 Å². The third kappa shape index (κ3) is 10.8. The predicted octanol–water partition coefficient (Wildman–Crippen LogP) is 7.39. The van der Waals surface area contributed by atoms with Gasteiger partial charge in [-0.2, -0.15) is 0 Å². The third-order valence-corrected chi connectivity index (χ3v) is 6.78. The molecule has 0 aromatic carbocycles. The van der Waals surface area contributed by atoms with Gasteiger partial charge < -0.3 is 5.11 Å². The first-order chi connectivity index (χ1) is 14.2. The molecule has 0 radical (unpaired) electrons. The summed E-state index contributed by atoms with van der Waals surface area (Å²) < 4.78 is 0.670. The van der Waals surface area contributed by atoms with Gasteiger partial charge in [0.1, 0.15) is 6.54 Å². The number of hydrogen-bond acceptors (Lipinski definition) is 2. The number of aliphatic imine (C=N–C) groups is 1. The lowest BCUT2D eigenvalue weighted by molar-refractivity contribution is -0.882. The largest absolute Gasteiger partial charge is 0.345 e. The molecule has 170 valence electrons. The Hall–Kier alpha value is -0.670. The van der Waals surface area contributed by atoms with Crippen LogP contribution in [0.4, 0.5) is 0 Å². The first-order valence-electron chi connectivity index (χ1n) is 12.9. The third-order valence-electron chi connectivity index (χ3n) is 6.78. The second-order valence-electron chi connectivity index (χ2n) is 9.06. The summed E-state index contributed by atoms with van der Waals surface area (Å²) in [6.07, 6.45) is 26.2. The van der Waals surface area contributed by atoms with Gasteiger partial charge in [0, 0.05) is 6.92 Å². The fraction of sp³-hybridized carbons (Fsp3) is 0.885. The van der Waals surface area contributed by atoms with E-state index >= 15 is 0 Å². The maximum atomic E-state index is 10.2. The molecule has 2 atom stereocenters. The van der Waals surface area contributed by atoms with E-state index in [1.165, 1.54) is 102 Å². The molecule has 2 unspecified atom stereocenters. The molecule has 0 saturated carbocycles. The van der Waals surface area contributed by atoms with Crippen molar-refractivity contribution in [2.75, 3.05) is 19.6 Å². The Bertz CT molecular complexity index is 444. The van der Waals surface area contributed by atoms with Crippen LogP contribution in [0.3, 0.4) is 0 Å². The first kappa shape index (κ1) is 26.4. The van der Waals surface area contributed by atoms with E-state index in [4.69, 9.17) is 0 Å². The van der Waals surface area contributed by atoms with Crippen molar-refractivity contribution in [3.63, 3.8) is 0 Å². The van der Waals surface area contributed by atoms with Gasteiger partial charge in [0.05, 0.1) is 19.5 Å². The molecular weight excluding hydrogens is 356 g/mol. The van der Waals surface area contributed by atoms with E-state index in [-0.39, 0.29) is 6.23 Å². The first-order valence-corrected chi connectivity index (χ1v) is 12.9. The highest BCUT2D eigenvalue weighted by atomic mass is 16.3. The Morgan fingerprint density at radius 1 is 0.828 bits per heavy atom. The van der Waals surface area contributed by atoms with Crippen LogP contribution in [-0.2, 0) is 0 Å². The molecule has 1 N–H and O–H groups in total. The summed E-state index contributed by atoms with van der Waals surface area (Å²) in [5.74, 6) is 1.17. The zero-order chi connectivity index (χ0) is 21.2. The number of hydrogen-bond donors (Lipinski definition) is 1. The van der Waals surface area contributed by atoms with E-state index in [9.17, 15) is 5.11 Å². The molecule has 0 amide bonds. The zero-order valence-corrected chi connectivity index (χ0v) is 20.0. The van der Waals surface area contributed by atoms with Crippen LogP contribution < -0.4 is 0 Å². The zero-order valence-electron chi connectivity index (χ0n) is 20.0. The molecule has 0 aromatic rings. The number of aliphatic hydroxyl groups is 1. The average Bonchev–Trinajstić information content (AvgIpc) is 3.14. The average molecular weight is 408 g/mol. The predicted molar refractivity (Wildman–Crippen MR) is 128 cm³/mol. The highest BCUT2D eigenvalue weighted by Crippen LogP contribution is 2.21. The minimum absolute atomic E-state index is 0.347. The van der Waals surface area contributed by atoms with E-state index < -0.39 is 0 Å². The Balaban J connectivity index is 1.91. The van der Waals surface area contributed by atoms with E-state index in [2.05, 4.69) is 31.0 Å². The molecule has 1 aliphatic heterocycles. The molecule has 3 nitrogen and oxygen atoms in total. The van der Waals surface area contributed by atoms with Gasteiger partial charge in [-0.3, -0.25) is 4.48 Å². The molecule has 3 heteroatoms. The normalized spacial score (nSPS) is 20.5. The quantitative estimate of drug-likeness (QED) is 0.135. The number of rotatable bonds is 19. The molecule has 29 heavy (non-hydrogen) atoms. The SMILES string of the molecule is CCCCCCCCCCCCCCCC/C=C/CC1=NCC[N+]1(CC)C(C)O. The monoisotopic (exact) mass is 407 g/mol. The van der Waals surface area contributed by atoms with Crippen LogP contribution in [0.25, 0.3) is 0 Å². The number of likely N-dealkylation sites (N-methyl/N-ethyl adjacent to an activating group) is 1. The molecule has 0 saturated heterocycles. The lowest BCUT2D eigenvalue weighted by atomic mass is 10.0. The maximum absolute atomic E-state index is 10.2. The van der Waals surface area contributed by atoms with Gasteiger partial charge in [0.15, 0.2) is 6.23 Å². The lowest BCUT2D eigenvalue weighted by Gasteiger charge is -2.35. The standard InChI is InChI=1S/C26H51N2O/c1-4-6-7-8-9-10-11-12-13-14-15-16-17-18-19-20-21-22-26-27-23-24-28(26,5-2)25(3)29/h20-21,25,29H,4-19,22-24H2,1-3H3/q+1/b21-20+. The molecule has 0 aliphatic carbocycles. The van der Waals surface area contributed by atoms with Crippen LogP contribution >= 0.6 is 0 Å². The minimum atomic E-state index is -0.347. The van der Waals surface area contributed by atoms with Crippen LogP contribution in [0, 0.1) is 0 Å². The summed E-state index contributed by atoms with van der Waals surface area (Å²) in [7, 11) is 0. The summed E-state index contributed by atoms with van der Waals surface area (Å²) in [5.41, 5.74) is 0. The van der Waals surface area contributed by atoms with Gasteiger partial charge in [-0.05, 0) is 19.8 Å². The van der Waals surface area contributed by atoms with Gasteiger partial charge >= 0.3 is 0 Å². The smallest absolute Gasteiger partial charge is 0.204 e. The minimum Gasteiger partial charge on any atom is -0.345 e. The van der Waals surface area contributed by atoms with E-state index in [1.807, 2.05) is 6.92 Å². The number of nitrogens with zero attached hydrogens (tertiary/aromatic N) is 2. The van der Waals surface area contributed by atoms with Crippen molar-refractivity contribution in [2.45, 2.75) is 130 Å². The van der Waals surface area contributed by atoms with Gasteiger partial charge in [-0.25, -0.2) is 4.99 Å². The summed E-state index contributed by atoms with van der Waals surface area (Å²) in [6, 6.07) is 0. The molecule has 0 spiro atoms. The topological polar surface area (TPSA) is 32.6 Å². The molecule has 0 aromatic heterocycles. The van der Waals surface area contributed by atoms with E-state index in [0.717, 1.165) is 26.1 Å². The van der Waals surface area contributed by atoms with Crippen molar-refractivity contribution in [2.24, 2.45) is 4.99 Å². The molecule has 0 fully saturated rings. The van der Waals surface area contributed by atoms with Gasteiger partial charge in [-0.15, -0.1) is 0 Å². The second kappa shape index (κ2) is 17.1. The van der Waals surface area contributed by atoms with Crippen molar-refractivity contribution in [1.82, 2.24) is 0 Å². The number of allylic oxidation sites excluding steroid dienone is 1. The van der Waals surface area contributed by atoms with E-state index in [1.54, 1.807) is 0 Å². The lowest BCUT2D eigenvalue weighted by Crippen LogP contribution is -2.56. The Labute approximate surface area is 182 Å². The fourth-order valence-electron chi connectivity index (χ4n) is 4.64. The summed E-state index contributed by atoms with van der Waals surface area (Å²) >= 11 is 0. The highest BCUT2D eigenvalue weighted by Gasteiger charge is 2.39. The molecular formula is C26H51N2O+.